The van der Waals surface area contributed by atoms with Crippen molar-refractivity contribution >= 4 is 26.5 Å². The van der Waals surface area contributed by atoms with E-state index >= 15 is 0 Å². The number of nitrogens with one attached hydrogen (secondary N) is 1. The Kier molecular flexibility index (Phi) is 4.76. The Hall–Kier alpha value is -1.71. The number of ether oxygens (including phenoxy) is 1. The Morgan fingerprint density at radius 3 is 2.71 bits per heavy atom. The molecule has 21 heavy (non-hydrogen) atoms. The molecule has 0 saturated heterocycles. The molecule has 7 nitrogen and oxygen atoms in total. The largest absolute Gasteiger partial charge is 0.496 e. The highest BCUT2D eigenvalue weighted by Gasteiger charge is 2.18. The molecular weight excluding hydrogens is 314 g/mol. The van der Waals surface area contributed by atoms with Crippen LogP contribution in [0.2, 0.25) is 0 Å². The molecule has 2 N–H and O–H groups in total. The molecule has 1 aromatic heterocycles. The normalized spacial score (nSPS) is 11.4. The van der Waals surface area contributed by atoms with E-state index in [2.05, 4.69) is 14.9 Å². The first kappa shape index (κ1) is 15.7. The molecule has 114 valence electrons. The molecule has 1 aromatic carbocycles. The number of rotatable bonds is 6. The minimum atomic E-state index is -3.77. The van der Waals surface area contributed by atoms with Crippen LogP contribution in [0.4, 0.5) is 5.13 Å². The first-order valence-electron chi connectivity index (χ1n) is 6.13. The minimum Gasteiger partial charge on any atom is -0.496 e. The number of aliphatic hydroxyl groups excluding tert-OH is 1. The van der Waals surface area contributed by atoms with Gasteiger partial charge in [0.05, 0.1) is 18.6 Å². The number of benzene rings is 1. The van der Waals surface area contributed by atoms with Gasteiger partial charge in [0, 0.05) is 5.56 Å². The third-order valence-corrected chi connectivity index (χ3v) is 5.17. The van der Waals surface area contributed by atoms with Crippen LogP contribution in [0.3, 0.4) is 0 Å². The topological polar surface area (TPSA) is 101 Å². The standard InChI is InChI=1S/C12H15N3O4S2/c1-3-11-13-14-12(20-11)15-21(17,18)9-4-5-10(19-2)8(6-9)7-16/h4-6,16H,3,7H2,1-2H3,(H,14,15). The van der Waals surface area contributed by atoms with Crippen LogP contribution in [0, 0.1) is 0 Å². The monoisotopic (exact) mass is 329 g/mol. The van der Waals surface area contributed by atoms with E-state index in [1.807, 2.05) is 6.92 Å². The van der Waals surface area contributed by atoms with Crippen molar-refractivity contribution in [1.82, 2.24) is 10.2 Å². The van der Waals surface area contributed by atoms with Gasteiger partial charge in [0.1, 0.15) is 10.8 Å². The Bertz CT molecular complexity index is 728. The number of aryl methyl sites for hydroxylation is 1. The van der Waals surface area contributed by atoms with Crippen molar-refractivity contribution in [3.63, 3.8) is 0 Å². The summed E-state index contributed by atoms with van der Waals surface area (Å²) < 4.78 is 32.0. The van der Waals surface area contributed by atoms with Gasteiger partial charge in [-0.05, 0) is 24.6 Å². The van der Waals surface area contributed by atoms with E-state index in [4.69, 9.17) is 4.74 Å². The van der Waals surface area contributed by atoms with Gasteiger partial charge in [-0.25, -0.2) is 8.42 Å². The SMILES string of the molecule is CCc1nnc(NS(=O)(=O)c2ccc(OC)c(CO)c2)s1. The first-order valence-corrected chi connectivity index (χ1v) is 8.43. The maximum Gasteiger partial charge on any atom is 0.263 e. The second-order valence-electron chi connectivity index (χ2n) is 4.09. The molecule has 0 fully saturated rings. The quantitative estimate of drug-likeness (QED) is 0.831. The second kappa shape index (κ2) is 6.37. The summed E-state index contributed by atoms with van der Waals surface area (Å²) in [5.41, 5.74) is 0.395. The van der Waals surface area contributed by atoms with Crippen molar-refractivity contribution in [2.24, 2.45) is 0 Å². The van der Waals surface area contributed by atoms with Gasteiger partial charge in [-0.3, -0.25) is 4.72 Å². The fourth-order valence-electron chi connectivity index (χ4n) is 1.66. The molecule has 0 radical (unpaired) electrons. The van der Waals surface area contributed by atoms with Crippen molar-refractivity contribution in [3.05, 3.63) is 28.8 Å². The predicted octanol–water partition coefficient (Wildman–Crippen LogP) is 1.40. The van der Waals surface area contributed by atoms with Crippen molar-refractivity contribution in [3.8, 4) is 5.75 Å². The highest BCUT2D eigenvalue weighted by Crippen LogP contribution is 2.25. The molecule has 0 aliphatic heterocycles. The average molecular weight is 329 g/mol. The molecular formula is C12H15N3O4S2. The summed E-state index contributed by atoms with van der Waals surface area (Å²) in [6.45, 7) is 1.60. The van der Waals surface area contributed by atoms with Crippen LogP contribution >= 0.6 is 11.3 Å². The zero-order chi connectivity index (χ0) is 15.5. The van der Waals surface area contributed by atoms with Crippen LogP contribution in [0.15, 0.2) is 23.1 Å². The van der Waals surface area contributed by atoms with Crippen LogP contribution in [-0.4, -0.2) is 30.8 Å². The van der Waals surface area contributed by atoms with E-state index in [1.165, 1.54) is 36.6 Å². The molecule has 0 saturated carbocycles. The number of methoxy groups -OCH3 is 1. The number of aromatic nitrogens is 2. The van der Waals surface area contributed by atoms with Crippen LogP contribution in [0.1, 0.15) is 17.5 Å². The Morgan fingerprint density at radius 1 is 1.38 bits per heavy atom. The van der Waals surface area contributed by atoms with E-state index in [0.29, 0.717) is 17.7 Å². The van der Waals surface area contributed by atoms with Gasteiger partial charge in [0.2, 0.25) is 5.13 Å². The van der Waals surface area contributed by atoms with Gasteiger partial charge in [0.15, 0.2) is 0 Å². The van der Waals surface area contributed by atoms with Crippen molar-refractivity contribution in [2.45, 2.75) is 24.8 Å². The van der Waals surface area contributed by atoms with Crippen LogP contribution in [-0.2, 0) is 23.1 Å². The van der Waals surface area contributed by atoms with E-state index < -0.39 is 10.0 Å². The summed E-state index contributed by atoms with van der Waals surface area (Å²) in [5.74, 6) is 0.431. The maximum atomic E-state index is 12.3. The highest BCUT2D eigenvalue weighted by atomic mass is 32.2. The van der Waals surface area contributed by atoms with Gasteiger partial charge >= 0.3 is 0 Å². The molecule has 2 rings (SSSR count). The van der Waals surface area contributed by atoms with Crippen LogP contribution < -0.4 is 9.46 Å². The summed E-state index contributed by atoms with van der Waals surface area (Å²) in [4.78, 5) is 0.0283. The van der Waals surface area contributed by atoms with Gasteiger partial charge in [-0.1, -0.05) is 18.3 Å². The van der Waals surface area contributed by atoms with Gasteiger partial charge in [0.25, 0.3) is 10.0 Å². The number of anilines is 1. The highest BCUT2D eigenvalue weighted by molar-refractivity contribution is 7.93. The number of hydrogen-bond donors (Lipinski definition) is 2. The smallest absolute Gasteiger partial charge is 0.263 e. The minimum absolute atomic E-state index is 0.0283. The predicted molar refractivity (Wildman–Crippen MR) is 79.0 cm³/mol. The van der Waals surface area contributed by atoms with Crippen molar-refractivity contribution in [2.75, 3.05) is 11.8 Å². The van der Waals surface area contributed by atoms with E-state index in [0.717, 1.165) is 5.01 Å². The Morgan fingerprint density at radius 2 is 2.14 bits per heavy atom. The van der Waals surface area contributed by atoms with E-state index in [9.17, 15) is 13.5 Å². The summed E-state index contributed by atoms with van der Waals surface area (Å²) in [5, 5.41) is 17.8. The third kappa shape index (κ3) is 3.49. The lowest BCUT2D eigenvalue weighted by atomic mass is 10.2. The molecule has 0 atom stereocenters. The molecule has 9 heteroatoms. The number of aliphatic hydroxyl groups is 1. The first-order chi connectivity index (χ1) is 10.00. The van der Waals surface area contributed by atoms with Crippen LogP contribution in [0.5, 0.6) is 5.75 Å². The Balaban J connectivity index is 2.30. The summed E-state index contributed by atoms with van der Waals surface area (Å²) in [7, 11) is -2.32. The molecule has 0 aliphatic rings. The lowest BCUT2D eigenvalue weighted by Crippen LogP contribution is -2.13. The average Bonchev–Trinajstić information content (AvgIpc) is 2.93. The molecule has 0 unspecified atom stereocenters. The zero-order valence-corrected chi connectivity index (χ0v) is 13.2. The van der Waals surface area contributed by atoms with Crippen molar-refractivity contribution < 1.29 is 18.3 Å². The summed E-state index contributed by atoms with van der Waals surface area (Å²) in [6, 6.07) is 4.27. The summed E-state index contributed by atoms with van der Waals surface area (Å²) in [6.07, 6.45) is 0.691. The fourth-order valence-corrected chi connectivity index (χ4v) is 3.62. The zero-order valence-electron chi connectivity index (χ0n) is 11.5. The second-order valence-corrected chi connectivity index (χ2v) is 6.84. The van der Waals surface area contributed by atoms with Crippen molar-refractivity contribution in [1.29, 1.82) is 0 Å². The fraction of sp³-hybridized carbons (Fsp3) is 0.333. The molecule has 0 amide bonds. The lowest BCUT2D eigenvalue weighted by Gasteiger charge is -2.09. The van der Waals surface area contributed by atoms with Gasteiger partial charge < -0.3 is 9.84 Å². The third-order valence-electron chi connectivity index (χ3n) is 2.72. The van der Waals surface area contributed by atoms with Gasteiger partial charge in [-0.15, -0.1) is 10.2 Å². The molecule has 0 aliphatic carbocycles. The molecule has 2 aromatic rings. The Labute approximate surface area is 126 Å². The van der Waals surface area contributed by atoms with E-state index in [1.54, 1.807) is 0 Å². The van der Waals surface area contributed by atoms with E-state index in [-0.39, 0.29) is 16.6 Å². The van der Waals surface area contributed by atoms with Gasteiger partial charge in [-0.2, -0.15) is 0 Å². The molecule has 0 spiro atoms. The molecule has 1 heterocycles. The van der Waals surface area contributed by atoms with Crippen LogP contribution in [0.25, 0.3) is 0 Å². The lowest BCUT2D eigenvalue weighted by molar-refractivity contribution is 0.273. The summed E-state index contributed by atoms with van der Waals surface area (Å²) >= 11 is 1.19. The molecule has 0 bridgehead atoms. The number of hydrogen-bond acceptors (Lipinski definition) is 7. The number of sulfonamides is 1. The number of nitrogens with zero attached hydrogens (tertiary/aromatic N) is 2. The maximum absolute atomic E-state index is 12.3.